The van der Waals surface area contributed by atoms with Crippen molar-refractivity contribution in [1.82, 2.24) is 0 Å². The summed E-state index contributed by atoms with van der Waals surface area (Å²) >= 11 is 0. The molecule has 4 nitrogen and oxygen atoms in total. The molecule has 4 heteroatoms. The summed E-state index contributed by atoms with van der Waals surface area (Å²) in [4.78, 5) is 0. The van der Waals surface area contributed by atoms with E-state index in [0.717, 1.165) is 25.7 Å². The van der Waals surface area contributed by atoms with Gasteiger partial charge in [0.15, 0.2) is 0 Å². The van der Waals surface area contributed by atoms with Crippen LogP contribution in [0.3, 0.4) is 0 Å². The van der Waals surface area contributed by atoms with Crippen LogP contribution in [0.15, 0.2) is 0 Å². The van der Waals surface area contributed by atoms with Gasteiger partial charge in [0.05, 0.1) is 12.2 Å². The maximum atomic E-state index is 10.7. The van der Waals surface area contributed by atoms with Gasteiger partial charge < -0.3 is 20.4 Å². The third kappa shape index (κ3) is 1.42. The van der Waals surface area contributed by atoms with Crippen LogP contribution < -0.4 is 0 Å². The zero-order valence-electron chi connectivity index (χ0n) is 14.1. The van der Waals surface area contributed by atoms with Crippen LogP contribution in [0.1, 0.15) is 25.7 Å². The Morgan fingerprint density at radius 3 is 1.29 bits per heavy atom. The van der Waals surface area contributed by atoms with Gasteiger partial charge in [0.25, 0.3) is 0 Å². The molecular weight excluding hydrogens is 304 g/mol. The molecule has 14 unspecified atom stereocenters. The van der Waals surface area contributed by atoms with E-state index in [9.17, 15) is 20.4 Å². The van der Waals surface area contributed by atoms with E-state index in [2.05, 4.69) is 0 Å². The number of hydrogen-bond donors (Lipinski definition) is 4. The Labute approximate surface area is 143 Å². The predicted octanol–water partition coefficient (Wildman–Crippen LogP) is 0.729. The van der Waals surface area contributed by atoms with E-state index in [-0.39, 0.29) is 25.4 Å². The second-order valence-corrected chi connectivity index (χ2v) is 9.93. The summed E-state index contributed by atoms with van der Waals surface area (Å²) in [5.41, 5.74) is 0. The van der Waals surface area contributed by atoms with Crippen LogP contribution in [0.4, 0.5) is 0 Å². The first kappa shape index (κ1) is 15.0. The van der Waals surface area contributed by atoms with E-state index >= 15 is 0 Å². The van der Waals surface area contributed by atoms with Gasteiger partial charge in [-0.25, -0.2) is 0 Å². The number of rotatable bonds is 2. The Bertz CT molecular complexity index is 504. The average Bonchev–Trinajstić information content (AvgIpc) is 3.32. The highest BCUT2D eigenvalue weighted by Crippen LogP contribution is 2.79. The number of fused-ring (bicyclic) bond motifs is 6. The average molecular weight is 334 g/mol. The molecule has 0 aromatic heterocycles. The van der Waals surface area contributed by atoms with Crippen molar-refractivity contribution >= 4 is 0 Å². The fourth-order valence-corrected chi connectivity index (χ4v) is 10.0. The second-order valence-electron chi connectivity index (χ2n) is 9.93. The van der Waals surface area contributed by atoms with Crippen molar-refractivity contribution in [1.29, 1.82) is 0 Å². The van der Waals surface area contributed by atoms with Gasteiger partial charge in [-0.3, -0.25) is 0 Å². The minimum absolute atomic E-state index is 0.193. The van der Waals surface area contributed by atoms with Crippen molar-refractivity contribution in [2.24, 2.45) is 71.0 Å². The smallest absolute Gasteiger partial charge is 0.0574 e. The van der Waals surface area contributed by atoms with Gasteiger partial charge in [0.2, 0.25) is 0 Å². The van der Waals surface area contributed by atoms with E-state index in [1.807, 2.05) is 0 Å². The predicted molar refractivity (Wildman–Crippen MR) is 86.5 cm³/mol. The zero-order valence-corrected chi connectivity index (χ0v) is 14.1. The van der Waals surface area contributed by atoms with Crippen LogP contribution in [-0.2, 0) is 0 Å². The minimum atomic E-state index is -0.193. The lowest BCUT2D eigenvalue weighted by molar-refractivity contribution is 0.0234. The molecule has 6 aliphatic carbocycles. The van der Waals surface area contributed by atoms with Crippen LogP contribution in [0.5, 0.6) is 0 Å². The van der Waals surface area contributed by atoms with E-state index in [0.29, 0.717) is 71.0 Å². The Morgan fingerprint density at radius 2 is 0.917 bits per heavy atom. The highest BCUT2D eigenvalue weighted by Gasteiger charge is 2.77. The van der Waals surface area contributed by atoms with Gasteiger partial charge in [-0.2, -0.15) is 0 Å². The summed E-state index contributed by atoms with van der Waals surface area (Å²) in [5, 5.41) is 41.9. The quantitative estimate of drug-likeness (QED) is 0.600. The van der Waals surface area contributed by atoms with Gasteiger partial charge in [-0.05, 0) is 96.7 Å². The third-order valence-corrected chi connectivity index (χ3v) is 9.97. The molecule has 0 saturated heterocycles. The molecule has 0 spiro atoms. The lowest BCUT2D eigenvalue weighted by Crippen LogP contribution is -2.35. The second kappa shape index (κ2) is 4.76. The van der Waals surface area contributed by atoms with E-state index in [4.69, 9.17) is 0 Å². The Balaban J connectivity index is 1.50. The molecule has 14 atom stereocenters. The molecule has 0 aromatic carbocycles. The fraction of sp³-hybridized carbons (Fsp3) is 1.00. The highest BCUT2D eigenvalue weighted by molar-refractivity contribution is 5.24. The van der Waals surface area contributed by atoms with Crippen LogP contribution in [0.2, 0.25) is 0 Å². The molecule has 134 valence electrons. The molecule has 6 aliphatic rings. The summed E-state index contributed by atoms with van der Waals surface area (Å²) < 4.78 is 0. The Kier molecular flexibility index (Phi) is 2.97. The summed E-state index contributed by atoms with van der Waals surface area (Å²) in [7, 11) is 0. The van der Waals surface area contributed by atoms with Gasteiger partial charge in [0.1, 0.15) is 0 Å². The maximum Gasteiger partial charge on any atom is 0.0574 e. The third-order valence-electron chi connectivity index (χ3n) is 9.97. The van der Waals surface area contributed by atoms with Gasteiger partial charge >= 0.3 is 0 Å². The molecule has 6 rings (SSSR count). The van der Waals surface area contributed by atoms with Gasteiger partial charge in [-0.1, -0.05) is 0 Å². The van der Waals surface area contributed by atoms with Crippen LogP contribution >= 0.6 is 0 Å². The van der Waals surface area contributed by atoms with Crippen molar-refractivity contribution in [3.8, 4) is 0 Å². The van der Waals surface area contributed by atoms with E-state index in [1.165, 1.54) is 0 Å². The van der Waals surface area contributed by atoms with Crippen molar-refractivity contribution < 1.29 is 20.4 Å². The summed E-state index contributed by atoms with van der Waals surface area (Å²) in [5.74, 6) is 5.66. The standard InChI is InChI=1S/C20H30O4/c21-5-9-13-7-1-3-11(23)15(7)17-10(6-22)14-8-2-4-12(24)16(8)18(9)20(14)19(13)17/h7-24H,1-6H2. The van der Waals surface area contributed by atoms with Crippen LogP contribution in [-0.4, -0.2) is 45.8 Å². The minimum Gasteiger partial charge on any atom is -0.396 e. The number of hydrogen-bond acceptors (Lipinski definition) is 4. The lowest BCUT2D eigenvalue weighted by atomic mass is 9.72. The van der Waals surface area contributed by atoms with Crippen molar-refractivity contribution in [3.63, 3.8) is 0 Å². The van der Waals surface area contributed by atoms with E-state index in [1.54, 1.807) is 0 Å². The molecule has 0 heterocycles. The Morgan fingerprint density at radius 1 is 0.500 bits per heavy atom. The van der Waals surface area contributed by atoms with Crippen molar-refractivity contribution in [3.05, 3.63) is 0 Å². The molecule has 0 aromatic rings. The molecule has 6 fully saturated rings. The first-order valence-corrected chi connectivity index (χ1v) is 10.3. The fourth-order valence-electron chi connectivity index (χ4n) is 10.0. The van der Waals surface area contributed by atoms with Crippen molar-refractivity contribution in [2.45, 2.75) is 37.9 Å². The van der Waals surface area contributed by atoms with Gasteiger partial charge in [-0.15, -0.1) is 0 Å². The number of aliphatic hydroxyl groups excluding tert-OH is 4. The molecule has 0 radical (unpaired) electrons. The highest BCUT2D eigenvalue weighted by atomic mass is 16.3. The molecule has 0 aliphatic heterocycles. The van der Waals surface area contributed by atoms with Crippen LogP contribution in [0.25, 0.3) is 0 Å². The maximum absolute atomic E-state index is 10.7. The monoisotopic (exact) mass is 334 g/mol. The largest absolute Gasteiger partial charge is 0.396 e. The van der Waals surface area contributed by atoms with Crippen molar-refractivity contribution in [2.75, 3.05) is 13.2 Å². The SMILES string of the molecule is OCC1C2C3CCC(O)C3C3C(CO)C4C5CCC(O)C5C1C4C23. The molecule has 0 amide bonds. The zero-order chi connectivity index (χ0) is 16.3. The lowest BCUT2D eigenvalue weighted by Gasteiger charge is -2.34. The summed E-state index contributed by atoms with van der Waals surface area (Å²) in [6.45, 7) is 0.502. The normalized spacial score (nSPS) is 68.5. The molecule has 0 bridgehead atoms. The van der Waals surface area contributed by atoms with E-state index < -0.39 is 0 Å². The first-order chi connectivity index (χ1) is 11.7. The molecular formula is C20H30O4. The number of aliphatic hydroxyl groups is 4. The summed E-state index contributed by atoms with van der Waals surface area (Å²) in [6.07, 6.45) is 3.61. The van der Waals surface area contributed by atoms with Crippen LogP contribution in [0, 0.1) is 71.0 Å². The molecule has 4 N–H and O–H groups in total. The first-order valence-electron chi connectivity index (χ1n) is 10.3. The Hall–Kier alpha value is -0.160. The van der Waals surface area contributed by atoms with Gasteiger partial charge in [0, 0.05) is 13.2 Å². The summed E-state index contributed by atoms with van der Waals surface area (Å²) in [6, 6.07) is 0. The molecule has 24 heavy (non-hydrogen) atoms. The molecule has 6 saturated carbocycles. The topological polar surface area (TPSA) is 80.9 Å².